The summed E-state index contributed by atoms with van der Waals surface area (Å²) in [6.07, 6.45) is -4.45. The zero-order chi connectivity index (χ0) is 22.3. The van der Waals surface area contributed by atoms with Gasteiger partial charge in [-0.05, 0) is 12.1 Å². The molecular weight excluding hydrogens is 398 g/mol. The Bertz CT molecular complexity index is 767. The fourth-order valence-corrected chi connectivity index (χ4v) is 3.02. The zero-order valence-corrected chi connectivity index (χ0v) is 17.2. The number of carbonyl (C=O) groups is 4. The van der Waals surface area contributed by atoms with Crippen LogP contribution in [0, 0.1) is 0 Å². The van der Waals surface area contributed by atoms with Crippen molar-refractivity contribution in [1.82, 2.24) is 5.32 Å². The molecule has 5 atom stereocenters. The maximum Gasteiger partial charge on any atom is 0.303 e. The van der Waals surface area contributed by atoms with Crippen LogP contribution in [-0.4, -0.2) is 61.1 Å². The predicted molar refractivity (Wildman–Crippen MR) is 101 cm³/mol. The predicted octanol–water partition coefficient (Wildman–Crippen LogP) is 0.721. The SMILES string of the molecule is CC(=O)N[C@H]1[C@@H](Oc2ccccc2)O[C@@H](COC(C)=O)[C@H](OC(C)=O)[C@@H]1OC(C)=O. The van der Waals surface area contributed by atoms with Gasteiger partial charge in [0.1, 0.15) is 24.5 Å². The van der Waals surface area contributed by atoms with Gasteiger partial charge < -0.3 is 29.0 Å². The molecule has 10 nitrogen and oxygen atoms in total. The highest BCUT2D eigenvalue weighted by Gasteiger charge is 2.51. The fourth-order valence-electron chi connectivity index (χ4n) is 3.02. The Morgan fingerprint density at radius 1 is 0.900 bits per heavy atom. The highest BCUT2D eigenvalue weighted by atomic mass is 16.7. The minimum absolute atomic E-state index is 0.285. The minimum Gasteiger partial charge on any atom is -0.463 e. The van der Waals surface area contributed by atoms with E-state index in [1.54, 1.807) is 30.3 Å². The van der Waals surface area contributed by atoms with Crippen LogP contribution in [-0.2, 0) is 38.1 Å². The van der Waals surface area contributed by atoms with Crippen LogP contribution >= 0.6 is 0 Å². The van der Waals surface area contributed by atoms with Gasteiger partial charge >= 0.3 is 17.9 Å². The third kappa shape index (κ3) is 6.73. The molecule has 1 aliphatic rings. The second-order valence-corrected chi connectivity index (χ2v) is 6.65. The normalized spacial score (nSPS) is 25.5. The van der Waals surface area contributed by atoms with E-state index in [0.29, 0.717) is 5.75 Å². The van der Waals surface area contributed by atoms with E-state index < -0.39 is 54.5 Å². The molecule has 1 N–H and O–H groups in total. The number of hydrogen-bond acceptors (Lipinski definition) is 9. The first-order valence-electron chi connectivity index (χ1n) is 9.29. The van der Waals surface area contributed by atoms with Crippen LogP contribution in [0.3, 0.4) is 0 Å². The van der Waals surface area contributed by atoms with Crippen LogP contribution in [0.2, 0.25) is 0 Å². The summed E-state index contributed by atoms with van der Waals surface area (Å²) in [5.41, 5.74) is 0. The first-order valence-corrected chi connectivity index (χ1v) is 9.29. The third-order valence-corrected chi connectivity index (χ3v) is 4.07. The average molecular weight is 423 g/mol. The molecule has 1 saturated heterocycles. The molecule has 0 aromatic heterocycles. The Kier molecular flexibility index (Phi) is 8.16. The Morgan fingerprint density at radius 2 is 1.50 bits per heavy atom. The summed E-state index contributed by atoms with van der Waals surface area (Å²) in [5, 5.41) is 2.63. The van der Waals surface area contributed by atoms with Crippen molar-refractivity contribution >= 4 is 23.8 Å². The molecule has 0 aliphatic carbocycles. The molecule has 1 aliphatic heterocycles. The molecule has 10 heteroatoms. The second kappa shape index (κ2) is 10.6. The number of para-hydroxylation sites is 1. The lowest BCUT2D eigenvalue weighted by molar-refractivity contribution is -0.257. The lowest BCUT2D eigenvalue weighted by Gasteiger charge is -2.44. The lowest BCUT2D eigenvalue weighted by atomic mass is 9.96. The van der Waals surface area contributed by atoms with E-state index in [1.165, 1.54) is 27.7 Å². The number of esters is 3. The summed E-state index contributed by atoms with van der Waals surface area (Å²) in [6, 6.07) is 7.62. The molecule has 164 valence electrons. The van der Waals surface area contributed by atoms with Crippen LogP contribution in [0.4, 0.5) is 0 Å². The van der Waals surface area contributed by atoms with Gasteiger partial charge in [-0.2, -0.15) is 0 Å². The molecular formula is C20H25NO9. The molecule has 0 spiro atoms. The zero-order valence-electron chi connectivity index (χ0n) is 17.2. The lowest BCUT2D eigenvalue weighted by Crippen LogP contribution is -2.67. The summed E-state index contributed by atoms with van der Waals surface area (Å²) in [7, 11) is 0. The number of ether oxygens (including phenoxy) is 5. The van der Waals surface area contributed by atoms with Gasteiger partial charge in [-0.1, -0.05) is 18.2 Å². The standard InChI is InChI=1S/C20H25NO9/c1-11(22)21-17-19(28-14(4)25)18(27-13(3)24)16(10-26-12(2)23)30-20(17)29-15-8-6-5-7-9-15/h5-9,16-20H,10H2,1-4H3,(H,21,22)/t16-,17+,18-,19+,20-/m0/s1. The molecule has 30 heavy (non-hydrogen) atoms. The summed E-state index contributed by atoms with van der Waals surface area (Å²) in [4.78, 5) is 46.6. The first-order chi connectivity index (χ1) is 14.2. The average Bonchev–Trinajstić information content (AvgIpc) is 2.64. The van der Waals surface area contributed by atoms with E-state index in [0.717, 1.165) is 0 Å². The van der Waals surface area contributed by atoms with Gasteiger partial charge in [0.25, 0.3) is 0 Å². The van der Waals surface area contributed by atoms with Crippen LogP contribution in [0.15, 0.2) is 30.3 Å². The van der Waals surface area contributed by atoms with Crippen LogP contribution < -0.4 is 10.1 Å². The summed E-state index contributed by atoms with van der Waals surface area (Å²) in [6.45, 7) is 4.56. The van der Waals surface area contributed by atoms with Crippen LogP contribution in [0.5, 0.6) is 5.75 Å². The van der Waals surface area contributed by atoms with Crippen molar-refractivity contribution in [3.05, 3.63) is 30.3 Å². The van der Waals surface area contributed by atoms with Gasteiger partial charge in [-0.25, -0.2) is 0 Å². The molecule has 1 aromatic carbocycles. The summed E-state index contributed by atoms with van der Waals surface area (Å²) >= 11 is 0. The van der Waals surface area contributed by atoms with Crippen molar-refractivity contribution in [3.8, 4) is 5.75 Å². The Balaban J connectivity index is 2.42. The van der Waals surface area contributed by atoms with Gasteiger partial charge in [0.2, 0.25) is 12.2 Å². The van der Waals surface area contributed by atoms with Gasteiger partial charge in [-0.3, -0.25) is 19.2 Å². The molecule has 1 amide bonds. The smallest absolute Gasteiger partial charge is 0.303 e. The molecule has 1 fully saturated rings. The number of carbonyl (C=O) groups excluding carboxylic acids is 4. The summed E-state index contributed by atoms with van der Waals surface area (Å²) < 4.78 is 27.5. The second-order valence-electron chi connectivity index (χ2n) is 6.65. The highest BCUT2D eigenvalue weighted by Crippen LogP contribution is 2.29. The van der Waals surface area contributed by atoms with Crippen LogP contribution in [0.1, 0.15) is 27.7 Å². The minimum atomic E-state index is -1.15. The first kappa shape index (κ1) is 23.1. The maximum absolute atomic E-state index is 11.8. The summed E-state index contributed by atoms with van der Waals surface area (Å²) in [5.74, 6) is -1.93. The Morgan fingerprint density at radius 3 is 2.03 bits per heavy atom. The molecule has 0 saturated carbocycles. The van der Waals surface area contributed by atoms with E-state index in [-0.39, 0.29) is 6.61 Å². The van der Waals surface area contributed by atoms with Gasteiger partial charge in [-0.15, -0.1) is 0 Å². The van der Waals surface area contributed by atoms with E-state index in [9.17, 15) is 19.2 Å². The number of hydrogen-bond donors (Lipinski definition) is 1. The molecule has 1 aromatic rings. The molecule has 2 rings (SSSR count). The number of nitrogens with one attached hydrogen (secondary N) is 1. The van der Waals surface area contributed by atoms with E-state index >= 15 is 0 Å². The van der Waals surface area contributed by atoms with Crippen molar-refractivity contribution in [1.29, 1.82) is 0 Å². The van der Waals surface area contributed by atoms with E-state index in [2.05, 4.69) is 5.32 Å². The third-order valence-electron chi connectivity index (χ3n) is 4.07. The van der Waals surface area contributed by atoms with Gasteiger partial charge in [0.05, 0.1) is 0 Å². The van der Waals surface area contributed by atoms with Crippen molar-refractivity contribution < 1.29 is 42.9 Å². The molecule has 0 bridgehead atoms. The fraction of sp³-hybridized carbons (Fsp3) is 0.500. The highest BCUT2D eigenvalue weighted by molar-refractivity contribution is 5.73. The number of amides is 1. The largest absolute Gasteiger partial charge is 0.463 e. The maximum atomic E-state index is 11.8. The topological polar surface area (TPSA) is 126 Å². The van der Waals surface area contributed by atoms with E-state index in [1.807, 2.05) is 0 Å². The number of benzene rings is 1. The Hall–Kier alpha value is -3.14. The quantitative estimate of drug-likeness (QED) is 0.498. The molecule has 0 radical (unpaired) electrons. The van der Waals surface area contributed by atoms with Crippen LogP contribution in [0.25, 0.3) is 0 Å². The molecule has 1 heterocycles. The van der Waals surface area contributed by atoms with Gasteiger partial charge in [0, 0.05) is 27.7 Å². The van der Waals surface area contributed by atoms with Crippen molar-refractivity contribution in [2.24, 2.45) is 0 Å². The van der Waals surface area contributed by atoms with Gasteiger partial charge in [0.15, 0.2) is 12.2 Å². The number of rotatable bonds is 7. The van der Waals surface area contributed by atoms with E-state index in [4.69, 9.17) is 23.7 Å². The van der Waals surface area contributed by atoms with Crippen molar-refractivity contribution in [3.63, 3.8) is 0 Å². The molecule has 0 unspecified atom stereocenters. The van der Waals surface area contributed by atoms with Crippen molar-refractivity contribution in [2.45, 2.75) is 58.3 Å². The monoisotopic (exact) mass is 423 g/mol. The Labute approximate surface area is 173 Å². The van der Waals surface area contributed by atoms with Crippen molar-refractivity contribution in [2.75, 3.05) is 6.61 Å².